The predicted octanol–water partition coefficient (Wildman–Crippen LogP) is 11.3. The van der Waals surface area contributed by atoms with Crippen molar-refractivity contribution in [1.29, 1.82) is 0 Å². The number of carbonyl (C=O) groups excluding carboxylic acids is 8. The van der Waals surface area contributed by atoms with E-state index in [-0.39, 0.29) is 74.9 Å². The number of nitrogens with one attached hydrogen (secondary N) is 1. The summed E-state index contributed by atoms with van der Waals surface area (Å²) in [7, 11) is -2.31. The van der Waals surface area contributed by atoms with Gasteiger partial charge in [-0.2, -0.15) is 0 Å². The number of imide groups is 3. The quantitative estimate of drug-likeness (QED) is 0.00543. The van der Waals surface area contributed by atoms with Gasteiger partial charge in [-0.05, 0) is 94.6 Å². The molecular weight excluding hydrogens is 1760 g/mol. The average molecular weight is 1850 g/mol. The summed E-state index contributed by atoms with van der Waals surface area (Å²) in [5.74, 6) is -2.99. The van der Waals surface area contributed by atoms with E-state index in [9.17, 15) is 42.9 Å². The summed E-state index contributed by atoms with van der Waals surface area (Å²) in [5, 5.41) is 24.1. The molecule has 0 saturated carbocycles. The van der Waals surface area contributed by atoms with Gasteiger partial charge in [0.05, 0.1) is 188 Å². The Morgan fingerprint density at radius 3 is 1.09 bits per heavy atom. The molecule has 9 aromatic rings. The molecule has 2 fully saturated rings. The molecule has 0 spiro atoms. The molecule has 6 aliphatic heterocycles. The maximum Gasteiger partial charge on any atom is 0.346 e. The molecule has 1 N–H and O–H groups in total. The summed E-state index contributed by atoms with van der Waals surface area (Å²) in [5.41, 5.74) is 23.1. The smallest absolute Gasteiger partial charge is 0.346 e. The van der Waals surface area contributed by atoms with Crippen LogP contribution in [0.1, 0.15) is 88.6 Å². The largest absolute Gasteiger partial charge is 0.386 e. The summed E-state index contributed by atoms with van der Waals surface area (Å²) in [6, 6.07) is 36.5. The van der Waals surface area contributed by atoms with Crippen LogP contribution in [-0.4, -0.2) is 295 Å². The number of azide groups is 2. The number of halogens is 2. The highest BCUT2D eigenvalue weighted by atomic mass is 79.9. The fraction of sp³-hybridized carbons (Fsp3) is 0.412. The van der Waals surface area contributed by atoms with Crippen LogP contribution in [-0.2, 0) is 74.5 Å². The lowest BCUT2D eigenvalue weighted by molar-refractivity contribution is 0.00919. The van der Waals surface area contributed by atoms with Crippen LogP contribution >= 0.6 is 39.2 Å². The Morgan fingerprint density at radius 1 is 0.403 bits per heavy atom. The van der Waals surface area contributed by atoms with E-state index in [1.54, 1.807) is 72.7 Å². The van der Waals surface area contributed by atoms with Crippen molar-refractivity contribution in [3.05, 3.63) is 208 Å². The summed E-state index contributed by atoms with van der Waals surface area (Å²) in [6.07, 6.45) is 1.80. The van der Waals surface area contributed by atoms with Crippen LogP contribution in [0.2, 0.25) is 0 Å². The van der Waals surface area contributed by atoms with Gasteiger partial charge in [0.1, 0.15) is 7.29 Å². The predicted molar refractivity (Wildman–Crippen MR) is 465 cm³/mol. The third-order valence-corrected chi connectivity index (χ3v) is 22.6. The first-order valence-electron chi connectivity index (χ1n) is 40.3. The number of ether oxygens (including phenoxy) is 12. The molecule has 654 valence electrons. The lowest BCUT2D eigenvalue weighted by Crippen LogP contribution is -2.42. The standard InChI is InChI=1S/C29H39N6O7P.C24H29N5O6.C20H21BrN4O5.C12H5BrO3/c1-43(2,38)30-20-22-21-34(32-31-22)10-14-40-16-18-42-19-17-41-15-11-35-28(36)24-5-3-4-23-26(33-8-12-39-13-9-33)7-6-25(27(23)24)29(35)37;25-27-26-6-10-32-14-16-35-17-15-34-13-9-29-23(30)19-3-1-2-18-21(28-7-11-33-12-8-28)5-4-20(22(18)19)24(29)31;21-17-5-4-16-18-14(17)2-1-3-15(18)19(26)25(20(16)27)7-9-29-11-13-30-12-10-28-8-6-23-24-22;13-9-5-4-8-10-6(9)2-1-3-7(10)11(14)16-12(8)15/h3-7,21H,8-20H2,1-2H3,(H,30,38);1-5H,6-17H2;1-5H,6-13H2;1-5H. The molecule has 124 heavy (non-hydrogen) atoms. The number of hydrogen-bond acceptors (Lipinski definition) is 27. The minimum absolute atomic E-state index is 0.165. The number of cyclic esters (lactones) is 2. The zero-order chi connectivity index (χ0) is 87.3. The fourth-order valence-electron chi connectivity index (χ4n) is 14.4. The van der Waals surface area contributed by atoms with E-state index in [2.05, 4.69) is 81.8 Å². The Morgan fingerprint density at radius 2 is 0.710 bits per heavy atom. The number of amides is 6. The first-order chi connectivity index (χ1) is 60.4. The Balaban J connectivity index is 0.000000157. The van der Waals surface area contributed by atoms with Gasteiger partial charge >= 0.3 is 11.9 Å². The molecule has 15 rings (SSSR count). The van der Waals surface area contributed by atoms with Gasteiger partial charge in [-0.15, -0.1) is 5.10 Å². The molecule has 39 heteroatoms. The Hall–Kier alpha value is -10.6. The zero-order valence-electron chi connectivity index (χ0n) is 68.5. The molecule has 6 amide bonds. The Bertz CT molecular complexity index is 5420. The third-order valence-electron chi connectivity index (χ3n) is 20.3. The second kappa shape index (κ2) is 46.4. The highest BCUT2D eigenvalue weighted by molar-refractivity contribution is 9.11. The maximum atomic E-state index is 13.3. The van der Waals surface area contributed by atoms with Crippen LogP contribution < -0.4 is 14.9 Å². The van der Waals surface area contributed by atoms with Crippen molar-refractivity contribution in [2.75, 3.05) is 227 Å². The molecule has 0 atom stereocenters. The second-order valence-corrected chi connectivity index (χ2v) is 33.3. The number of esters is 2. The van der Waals surface area contributed by atoms with Gasteiger partial charge in [-0.1, -0.05) is 95.8 Å². The molecule has 0 unspecified atom stereocenters. The normalized spacial score (nSPS) is 14.8. The van der Waals surface area contributed by atoms with E-state index in [0.29, 0.717) is 207 Å². The number of carbonyl (C=O) groups is 8. The molecule has 6 aliphatic rings. The lowest BCUT2D eigenvalue weighted by Gasteiger charge is -2.32. The van der Waals surface area contributed by atoms with E-state index in [1.165, 1.54) is 14.7 Å². The first kappa shape index (κ1) is 92.6. The summed E-state index contributed by atoms with van der Waals surface area (Å²) in [6.45, 7) is 17.5. The lowest BCUT2D eigenvalue weighted by atomic mass is 9.92. The molecule has 0 aliphatic carbocycles. The topological polar surface area (TPSA) is 421 Å². The van der Waals surface area contributed by atoms with Gasteiger partial charge in [0.25, 0.3) is 35.4 Å². The van der Waals surface area contributed by atoms with E-state index in [1.807, 2.05) is 72.8 Å². The minimum atomic E-state index is -2.31. The van der Waals surface area contributed by atoms with Crippen molar-refractivity contribution in [1.82, 2.24) is 34.8 Å². The zero-order valence-corrected chi connectivity index (χ0v) is 72.6. The Kier molecular flexibility index (Phi) is 34.7. The van der Waals surface area contributed by atoms with Gasteiger partial charge in [0, 0.05) is 161 Å². The molecular formula is C85H94Br2N15O21P. The molecule has 36 nitrogen and oxygen atoms in total. The van der Waals surface area contributed by atoms with Crippen molar-refractivity contribution in [3.8, 4) is 0 Å². The van der Waals surface area contributed by atoms with E-state index < -0.39 is 19.2 Å². The monoisotopic (exact) mass is 1850 g/mol. The molecule has 1 aromatic heterocycles. The van der Waals surface area contributed by atoms with Crippen LogP contribution in [0.3, 0.4) is 0 Å². The highest BCUT2D eigenvalue weighted by Crippen LogP contribution is 2.40. The molecule has 7 heterocycles. The highest BCUT2D eigenvalue weighted by Gasteiger charge is 2.37. The van der Waals surface area contributed by atoms with E-state index in [4.69, 9.17) is 63.2 Å². The number of aromatic nitrogens is 3. The van der Waals surface area contributed by atoms with Gasteiger partial charge in [0.15, 0.2) is 0 Å². The number of nitrogens with zero attached hydrogens (tertiary/aromatic N) is 14. The van der Waals surface area contributed by atoms with Crippen LogP contribution in [0.15, 0.2) is 147 Å². The molecule has 8 aromatic carbocycles. The van der Waals surface area contributed by atoms with E-state index in [0.717, 1.165) is 84.5 Å². The van der Waals surface area contributed by atoms with Crippen LogP contribution in [0, 0.1) is 0 Å². The molecule has 0 radical (unpaired) electrons. The van der Waals surface area contributed by atoms with Crippen LogP contribution in [0.25, 0.3) is 64.0 Å². The van der Waals surface area contributed by atoms with Gasteiger partial charge in [-0.3, -0.25) is 48.6 Å². The number of morpholine rings is 2. The van der Waals surface area contributed by atoms with Crippen LogP contribution in [0.4, 0.5) is 11.4 Å². The SMILES string of the molecule is CP(C)(=O)NCc1cn(CCOCCOCCOCCN2C(=O)c3cccc4c(N5CCOCC5)ccc(c34)C2=O)nn1.O=C1OC(=O)c2ccc(Br)c3cccc1c23.[N-]=[N+]=NCCOCCOCCOCCN1C(=O)c2cccc3c(Br)ccc(c23)C1=O.[N-]=[N+]=NCCOCCOCCOCCN1C(=O)c2cccc3c(N4CCOCC4)ccc(c23)C1=O. The average Bonchev–Trinajstić information content (AvgIpc) is 0.787. The fourth-order valence-corrected chi connectivity index (χ4v) is 15.9. The van der Waals surface area contributed by atoms with Crippen molar-refractivity contribution in [3.63, 3.8) is 0 Å². The summed E-state index contributed by atoms with van der Waals surface area (Å²) < 4.78 is 79.8. The van der Waals surface area contributed by atoms with Crippen molar-refractivity contribution < 1.29 is 99.8 Å². The second-order valence-electron chi connectivity index (χ2n) is 28.6. The van der Waals surface area contributed by atoms with Gasteiger partial charge in [0.2, 0.25) is 0 Å². The minimum Gasteiger partial charge on any atom is -0.386 e. The number of benzene rings is 8. The summed E-state index contributed by atoms with van der Waals surface area (Å²) >= 11 is 6.87. The molecule has 0 bridgehead atoms. The van der Waals surface area contributed by atoms with Crippen molar-refractivity contribution >= 4 is 141 Å². The Labute approximate surface area is 729 Å². The third kappa shape index (κ3) is 23.9. The van der Waals surface area contributed by atoms with Crippen molar-refractivity contribution in [2.45, 2.75) is 13.1 Å². The van der Waals surface area contributed by atoms with E-state index >= 15 is 0 Å². The van der Waals surface area contributed by atoms with Crippen molar-refractivity contribution in [2.24, 2.45) is 10.2 Å². The number of hydrogen-bond donors (Lipinski definition) is 1. The molecule has 2 saturated heterocycles. The van der Waals surface area contributed by atoms with Crippen LogP contribution in [0.5, 0.6) is 0 Å². The number of rotatable bonds is 41. The van der Waals surface area contributed by atoms with Gasteiger partial charge in [-0.25, -0.2) is 14.3 Å². The van der Waals surface area contributed by atoms with Gasteiger partial charge < -0.3 is 71.2 Å². The maximum absolute atomic E-state index is 13.3. The summed E-state index contributed by atoms with van der Waals surface area (Å²) in [4.78, 5) is 115. The number of anilines is 2. The first-order valence-corrected chi connectivity index (χ1v) is 44.5.